The van der Waals surface area contributed by atoms with Gasteiger partial charge in [0, 0.05) is 31.1 Å². The largest absolute Gasteiger partial charge is 0.444 e. The number of benzene rings is 1. The van der Waals surface area contributed by atoms with E-state index in [4.69, 9.17) is 4.74 Å². The Hall–Kier alpha value is -3.95. The summed E-state index contributed by atoms with van der Waals surface area (Å²) in [5.41, 5.74) is 4.04. The quantitative estimate of drug-likeness (QED) is 0.617. The molecule has 1 unspecified atom stereocenters. The molecule has 2 fully saturated rings. The summed E-state index contributed by atoms with van der Waals surface area (Å²) in [5, 5.41) is 4.96. The number of aryl methyl sites for hydroxylation is 1. The maximum Gasteiger partial charge on any atom is 0.413 e. The van der Waals surface area contributed by atoms with E-state index in [0.29, 0.717) is 36.0 Å². The average Bonchev–Trinajstić information content (AvgIpc) is 3.41. The second-order valence-corrected chi connectivity index (χ2v) is 9.63. The fourth-order valence-electron chi connectivity index (χ4n) is 5.19. The summed E-state index contributed by atoms with van der Waals surface area (Å²) in [4.78, 5) is 57.2. The van der Waals surface area contributed by atoms with Gasteiger partial charge >= 0.3 is 6.09 Å². The minimum atomic E-state index is -0.663. The van der Waals surface area contributed by atoms with Crippen LogP contribution in [0.15, 0.2) is 30.5 Å². The number of ether oxygens (including phenoxy) is 1. The van der Waals surface area contributed by atoms with Crippen molar-refractivity contribution in [3.05, 3.63) is 52.7 Å². The van der Waals surface area contributed by atoms with Crippen molar-refractivity contribution in [1.29, 1.82) is 0 Å². The number of aromatic nitrogens is 1. The van der Waals surface area contributed by atoms with E-state index >= 15 is 0 Å². The van der Waals surface area contributed by atoms with E-state index in [0.717, 1.165) is 36.2 Å². The van der Waals surface area contributed by atoms with Crippen LogP contribution in [-0.4, -0.2) is 52.3 Å². The monoisotopic (exact) mass is 491 g/mol. The summed E-state index contributed by atoms with van der Waals surface area (Å²) in [6.45, 7) is 5.49. The summed E-state index contributed by atoms with van der Waals surface area (Å²) in [6, 6.07) is 6.93. The number of carbonyl (C=O) groups excluding carboxylic acids is 4. The van der Waals surface area contributed by atoms with Crippen molar-refractivity contribution in [3.8, 4) is 0 Å². The highest BCUT2D eigenvalue weighted by Crippen LogP contribution is 2.30. The lowest BCUT2D eigenvalue weighted by Crippen LogP contribution is -2.52. The molecule has 10 heteroatoms. The topological polar surface area (TPSA) is 121 Å². The summed E-state index contributed by atoms with van der Waals surface area (Å²) >= 11 is 0. The number of fused-ring (bicyclic) bond motifs is 1. The van der Waals surface area contributed by atoms with Crippen LogP contribution in [0.3, 0.4) is 0 Å². The Morgan fingerprint density at radius 1 is 1.19 bits per heavy atom. The van der Waals surface area contributed by atoms with Crippen LogP contribution in [-0.2, 0) is 27.5 Å². The number of hydrogen-bond donors (Lipinski definition) is 2. The maximum atomic E-state index is 13.0. The first kappa shape index (κ1) is 23.8. The number of nitrogens with zero attached hydrogens (tertiary/aromatic N) is 3. The van der Waals surface area contributed by atoms with Gasteiger partial charge in [0.15, 0.2) is 0 Å². The highest BCUT2D eigenvalue weighted by Gasteiger charge is 2.39. The average molecular weight is 492 g/mol. The molecule has 2 saturated heterocycles. The van der Waals surface area contributed by atoms with Crippen molar-refractivity contribution in [2.75, 3.05) is 16.8 Å². The smallest absolute Gasteiger partial charge is 0.413 e. The van der Waals surface area contributed by atoms with Gasteiger partial charge in [0.2, 0.25) is 11.8 Å². The molecule has 0 saturated carbocycles. The van der Waals surface area contributed by atoms with Gasteiger partial charge in [-0.15, -0.1) is 0 Å². The van der Waals surface area contributed by atoms with Crippen molar-refractivity contribution in [1.82, 2.24) is 15.2 Å². The number of hydrogen-bond acceptors (Lipinski definition) is 7. The van der Waals surface area contributed by atoms with E-state index in [2.05, 4.69) is 27.4 Å². The molecule has 1 aromatic carbocycles. The number of anilines is 2. The second kappa shape index (κ2) is 9.60. The van der Waals surface area contributed by atoms with Gasteiger partial charge in [-0.25, -0.2) is 9.78 Å². The molecule has 3 aliphatic heterocycles. The fourth-order valence-corrected chi connectivity index (χ4v) is 5.19. The number of pyridine rings is 1. The molecule has 0 aliphatic carbocycles. The molecule has 5 rings (SSSR count). The van der Waals surface area contributed by atoms with Crippen LogP contribution in [0.4, 0.5) is 16.3 Å². The lowest BCUT2D eigenvalue weighted by atomic mass is 10.0. The molecule has 4 heterocycles. The van der Waals surface area contributed by atoms with Gasteiger partial charge in [-0.05, 0) is 61.9 Å². The molecule has 10 nitrogen and oxygen atoms in total. The van der Waals surface area contributed by atoms with E-state index in [9.17, 15) is 19.2 Å². The van der Waals surface area contributed by atoms with E-state index < -0.39 is 18.0 Å². The van der Waals surface area contributed by atoms with Crippen molar-refractivity contribution < 1.29 is 23.9 Å². The van der Waals surface area contributed by atoms with Gasteiger partial charge in [0.25, 0.3) is 5.91 Å². The lowest BCUT2D eigenvalue weighted by Gasteiger charge is -2.29. The molecule has 0 spiro atoms. The number of rotatable bonds is 5. The predicted octanol–water partition coefficient (Wildman–Crippen LogP) is 2.89. The third-order valence-corrected chi connectivity index (χ3v) is 7.14. The van der Waals surface area contributed by atoms with Crippen LogP contribution >= 0.6 is 0 Å². The Morgan fingerprint density at radius 3 is 2.75 bits per heavy atom. The zero-order valence-electron chi connectivity index (χ0n) is 20.4. The predicted molar refractivity (Wildman–Crippen MR) is 131 cm³/mol. The highest BCUT2D eigenvalue weighted by atomic mass is 16.5. The standard InChI is InChI=1S/C26H29N5O5/c1-15-10-22(27-12-21(15)30-9-3-4-16(30)2)28-26(35)36-14-17-5-6-18-13-31(25(34)19(18)11-17)20-7-8-23(32)29-24(20)33/h5-6,10-12,16,20H,3-4,7-9,13-14H2,1-2H3,(H,27,28,35)(H,29,32,33)/t16-,20?/m1/s1. The van der Waals surface area contributed by atoms with Gasteiger partial charge < -0.3 is 14.5 Å². The first-order chi connectivity index (χ1) is 17.3. The van der Waals surface area contributed by atoms with Crippen LogP contribution in [0.1, 0.15) is 59.7 Å². The van der Waals surface area contributed by atoms with Crippen LogP contribution < -0.4 is 15.5 Å². The number of piperidine rings is 1. The molecular formula is C26H29N5O5. The normalized spacial score (nSPS) is 21.4. The summed E-state index contributed by atoms with van der Waals surface area (Å²) in [6.07, 6.45) is 3.99. The summed E-state index contributed by atoms with van der Waals surface area (Å²) in [7, 11) is 0. The van der Waals surface area contributed by atoms with E-state index in [1.54, 1.807) is 24.4 Å². The molecular weight excluding hydrogens is 462 g/mol. The molecule has 2 N–H and O–H groups in total. The lowest BCUT2D eigenvalue weighted by molar-refractivity contribution is -0.136. The number of nitrogens with one attached hydrogen (secondary N) is 2. The zero-order chi connectivity index (χ0) is 25.4. The number of amides is 4. The highest BCUT2D eigenvalue weighted by molar-refractivity contribution is 6.05. The van der Waals surface area contributed by atoms with Crippen molar-refractivity contribution in [3.63, 3.8) is 0 Å². The molecule has 4 amide bonds. The minimum Gasteiger partial charge on any atom is -0.444 e. The second-order valence-electron chi connectivity index (χ2n) is 9.63. The van der Waals surface area contributed by atoms with Gasteiger partial charge in [-0.3, -0.25) is 25.0 Å². The van der Waals surface area contributed by atoms with Crippen molar-refractivity contribution in [2.24, 2.45) is 0 Å². The fraction of sp³-hybridized carbons (Fsp3) is 0.423. The molecule has 36 heavy (non-hydrogen) atoms. The minimum absolute atomic E-state index is 0.0207. The molecule has 2 atom stereocenters. The molecule has 2 aromatic rings. The Morgan fingerprint density at radius 2 is 2.03 bits per heavy atom. The van der Waals surface area contributed by atoms with Crippen LogP contribution in [0, 0.1) is 6.92 Å². The van der Waals surface area contributed by atoms with Crippen LogP contribution in [0.2, 0.25) is 0 Å². The number of imide groups is 1. The van der Waals surface area contributed by atoms with E-state index in [1.807, 2.05) is 13.0 Å². The van der Waals surface area contributed by atoms with Gasteiger partial charge in [-0.2, -0.15) is 0 Å². The van der Waals surface area contributed by atoms with Gasteiger partial charge in [-0.1, -0.05) is 12.1 Å². The van der Waals surface area contributed by atoms with E-state index in [1.165, 1.54) is 4.90 Å². The zero-order valence-corrected chi connectivity index (χ0v) is 20.4. The summed E-state index contributed by atoms with van der Waals surface area (Å²) in [5.74, 6) is -0.616. The molecule has 188 valence electrons. The Kier molecular flexibility index (Phi) is 6.34. The third-order valence-electron chi connectivity index (χ3n) is 7.14. The van der Waals surface area contributed by atoms with E-state index in [-0.39, 0.29) is 24.8 Å². The van der Waals surface area contributed by atoms with Crippen LogP contribution in [0.25, 0.3) is 0 Å². The van der Waals surface area contributed by atoms with Gasteiger partial charge in [0.05, 0.1) is 11.9 Å². The Bertz CT molecular complexity index is 1250. The van der Waals surface area contributed by atoms with Crippen LogP contribution in [0.5, 0.6) is 0 Å². The molecule has 3 aliphatic rings. The van der Waals surface area contributed by atoms with Crippen molar-refractivity contribution >= 4 is 35.3 Å². The first-order valence-electron chi connectivity index (χ1n) is 12.2. The van der Waals surface area contributed by atoms with Crippen molar-refractivity contribution in [2.45, 2.75) is 64.8 Å². The molecule has 1 aromatic heterocycles. The first-order valence-corrected chi connectivity index (χ1v) is 12.2. The molecule has 0 radical (unpaired) electrons. The summed E-state index contributed by atoms with van der Waals surface area (Å²) < 4.78 is 5.36. The molecule has 0 bridgehead atoms. The Balaban J connectivity index is 1.18. The Labute approximate surface area is 209 Å². The third kappa shape index (κ3) is 4.62. The number of carbonyl (C=O) groups is 4. The SMILES string of the molecule is Cc1cc(NC(=O)OCc2ccc3c(c2)C(=O)N(C2CCC(=O)NC2=O)C3)ncc1N1CCC[C@H]1C. The maximum absolute atomic E-state index is 13.0. The van der Waals surface area contributed by atoms with Gasteiger partial charge in [0.1, 0.15) is 18.5 Å².